The molecule has 8 heteroatoms. The van der Waals surface area contributed by atoms with Crippen LogP contribution in [0.3, 0.4) is 0 Å². The van der Waals surface area contributed by atoms with E-state index in [1.165, 1.54) is 25.3 Å². The van der Waals surface area contributed by atoms with Gasteiger partial charge in [0.15, 0.2) is 0 Å². The van der Waals surface area contributed by atoms with Crippen LogP contribution in [0.1, 0.15) is 16.8 Å². The fraction of sp³-hybridized carbons (Fsp3) is 0.364. The van der Waals surface area contributed by atoms with E-state index >= 15 is 0 Å². The van der Waals surface area contributed by atoms with Crippen molar-refractivity contribution in [3.8, 4) is 0 Å². The van der Waals surface area contributed by atoms with E-state index < -0.39 is 16.0 Å². The number of carboxylic acids is 1. The minimum atomic E-state index is -3.49. The Labute approximate surface area is 116 Å². The predicted molar refractivity (Wildman–Crippen MR) is 72.3 cm³/mol. The molecule has 0 aliphatic rings. The van der Waals surface area contributed by atoms with E-state index in [1.807, 2.05) is 0 Å². The zero-order valence-corrected chi connectivity index (χ0v) is 11.8. The zero-order valence-electron chi connectivity index (χ0n) is 10.2. The Morgan fingerprint density at radius 2 is 2.16 bits per heavy atom. The largest absolute Gasteiger partial charge is 0.478 e. The van der Waals surface area contributed by atoms with Crippen LogP contribution in [0.2, 0.25) is 5.02 Å². The smallest absolute Gasteiger partial charge is 0.337 e. The number of benzene rings is 1. The Balaban J connectivity index is 2.77. The van der Waals surface area contributed by atoms with Gasteiger partial charge in [-0.3, -0.25) is 4.72 Å². The molecule has 0 radical (unpaired) electrons. The molecule has 0 aliphatic carbocycles. The van der Waals surface area contributed by atoms with E-state index in [1.54, 1.807) is 0 Å². The first kappa shape index (κ1) is 15.7. The van der Waals surface area contributed by atoms with Crippen molar-refractivity contribution in [1.82, 2.24) is 0 Å². The van der Waals surface area contributed by atoms with Crippen LogP contribution < -0.4 is 4.72 Å². The molecular weight excluding hydrogens is 294 g/mol. The van der Waals surface area contributed by atoms with Crippen LogP contribution in [-0.4, -0.2) is 39.0 Å². The molecule has 0 heterocycles. The third-order valence-corrected chi connectivity index (χ3v) is 3.92. The molecule has 1 aromatic rings. The standard InChI is InChI=1S/C11H14ClNO5S/c1-18-5-2-6-19(16,17)13-8-3-4-9(11(14)15)10(12)7-8/h3-4,7,13H,2,5-6H2,1H3,(H,14,15). The van der Waals surface area contributed by atoms with Gasteiger partial charge in [0.1, 0.15) is 0 Å². The second kappa shape index (κ2) is 6.74. The summed E-state index contributed by atoms with van der Waals surface area (Å²) in [4.78, 5) is 10.8. The monoisotopic (exact) mass is 307 g/mol. The van der Waals surface area contributed by atoms with Gasteiger partial charge < -0.3 is 9.84 Å². The summed E-state index contributed by atoms with van der Waals surface area (Å²) < 4.78 is 30.5. The van der Waals surface area contributed by atoms with Gasteiger partial charge in [-0.05, 0) is 24.6 Å². The molecule has 19 heavy (non-hydrogen) atoms. The van der Waals surface area contributed by atoms with Gasteiger partial charge in [0, 0.05) is 19.4 Å². The minimum absolute atomic E-state index is 0.0235. The third kappa shape index (κ3) is 5.06. The first-order valence-corrected chi connectivity index (χ1v) is 7.41. The number of anilines is 1. The number of ether oxygens (including phenoxy) is 1. The summed E-state index contributed by atoms with van der Waals surface area (Å²) in [6.45, 7) is 0.347. The average molecular weight is 308 g/mol. The van der Waals surface area contributed by atoms with Crippen molar-refractivity contribution in [3.63, 3.8) is 0 Å². The lowest BCUT2D eigenvalue weighted by molar-refractivity contribution is 0.0697. The first-order chi connectivity index (χ1) is 8.85. The number of nitrogens with one attached hydrogen (secondary N) is 1. The maximum absolute atomic E-state index is 11.7. The van der Waals surface area contributed by atoms with Crippen molar-refractivity contribution < 1.29 is 23.1 Å². The summed E-state index contributed by atoms with van der Waals surface area (Å²) in [5.41, 5.74) is 0.149. The summed E-state index contributed by atoms with van der Waals surface area (Å²) in [5.74, 6) is -1.25. The Hall–Kier alpha value is -1.31. The highest BCUT2D eigenvalue weighted by Crippen LogP contribution is 2.21. The molecule has 0 spiro atoms. The Morgan fingerprint density at radius 3 is 2.68 bits per heavy atom. The molecule has 6 nitrogen and oxygen atoms in total. The molecule has 0 fully saturated rings. The van der Waals surface area contributed by atoms with Gasteiger partial charge in [-0.1, -0.05) is 11.6 Å². The van der Waals surface area contributed by atoms with E-state index in [0.29, 0.717) is 13.0 Å². The first-order valence-electron chi connectivity index (χ1n) is 5.38. The maximum atomic E-state index is 11.7. The molecule has 0 saturated carbocycles. The highest BCUT2D eigenvalue weighted by Gasteiger charge is 2.13. The molecule has 2 N–H and O–H groups in total. The number of carbonyl (C=O) groups is 1. The number of hydrogen-bond donors (Lipinski definition) is 2. The number of sulfonamides is 1. The third-order valence-electron chi connectivity index (χ3n) is 2.23. The van der Waals surface area contributed by atoms with Gasteiger partial charge in [0.25, 0.3) is 0 Å². The Bertz CT molecular complexity index is 558. The van der Waals surface area contributed by atoms with E-state index in [-0.39, 0.29) is 22.0 Å². The van der Waals surface area contributed by atoms with E-state index in [4.69, 9.17) is 21.4 Å². The van der Waals surface area contributed by atoms with E-state index in [0.717, 1.165) is 0 Å². The Morgan fingerprint density at radius 1 is 1.47 bits per heavy atom. The topological polar surface area (TPSA) is 92.7 Å². The normalized spacial score (nSPS) is 11.3. The number of halogens is 1. The van der Waals surface area contributed by atoms with Crippen molar-refractivity contribution in [2.24, 2.45) is 0 Å². The van der Waals surface area contributed by atoms with Crippen LogP contribution in [-0.2, 0) is 14.8 Å². The molecule has 0 saturated heterocycles. The molecule has 0 aromatic heterocycles. The lowest BCUT2D eigenvalue weighted by atomic mass is 10.2. The quantitative estimate of drug-likeness (QED) is 0.749. The number of rotatable bonds is 7. The van der Waals surface area contributed by atoms with Gasteiger partial charge in [0.05, 0.1) is 16.3 Å². The van der Waals surface area contributed by atoms with Crippen LogP contribution in [0.4, 0.5) is 5.69 Å². The van der Waals surface area contributed by atoms with Crippen LogP contribution >= 0.6 is 11.6 Å². The SMILES string of the molecule is COCCCS(=O)(=O)Nc1ccc(C(=O)O)c(Cl)c1. The van der Waals surface area contributed by atoms with Gasteiger partial charge in [-0.25, -0.2) is 13.2 Å². The van der Waals surface area contributed by atoms with Crippen molar-refractivity contribution in [1.29, 1.82) is 0 Å². The minimum Gasteiger partial charge on any atom is -0.478 e. The van der Waals surface area contributed by atoms with Crippen LogP contribution in [0, 0.1) is 0 Å². The molecule has 1 rings (SSSR count). The summed E-state index contributed by atoms with van der Waals surface area (Å²) >= 11 is 5.74. The molecular formula is C11H14ClNO5S. The molecule has 0 amide bonds. The van der Waals surface area contributed by atoms with Crippen LogP contribution in [0.15, 0.2) is 18.2 Å². The highest BCUT2D eigenvalue weighted by atomic mass is 35.5. The van der Waals surface area contributed by atoms with Gasteiger partial charge >= 0.3 is 5.97 Å². The van der Waals surface area contributed by atoms with Crippen LogP contribution in [0.25, 0.3) is 0 Å². The lowest BCUT2D eigenvalue weighted by Gasteiger charge is -2.09. The van der Waals surface area contributed by atoms with Gasteiger partial charge in [-0.15, -0.1) is 0 Å². The lowest BCUT2D eigenvalue weighted by Crippen LogP contribution is -2.17. The van der Waals surface area contributed by atoms with Gasteiger partial charge in [-0.2, -0.15) is 0 Å². The summed E-state index contributed by atoms with van der Waals surface area (Å²) in [6.07, 6.45) is 0.368. The van der Waals surface area contributed by atoms with Crippen molar-refractivity contribution in [2.45, 2.75) is 6.42 Å². The number of aromatic carboxylic acids is 1. The van der Waals surface area contributed by atoms with Crippen molar-refractivity contribution in [3.05, 3.63) is 28.8 Å². The van der Waals surface area contributed by atoms with Crippen molar-refractivity contribution >= 4 is 33.3 Å². The average Bonchev–Trinajstić information content (AvgIpc) is 2.28. The fourth-order valence-corrected chi connectivity index (χ4v) is 2.72. The second-order valence-electron chi connectivity index (χ2n) is 3.77. The fourth-order valence-electron chi connectivity index (χ4n) is 1.38. The highest BCUT2D eigenvalue weighted by molar-refractivity contribution is 7.92. The summed E-state index contributed by atoms with van der Waals surface area (Å²) in [6, 6.07) is 3.86. The molecule has 1 aromatic carbocycles. The van der Waals surface area contributed by atoms with E-state index in [9.17, 15) is 13.2 Å². The molecule has 106 valence electrons. The summed E-state index contributed by atoms with van der Waals surface area (Å²) in [7, 11) is -2.00. The van der Waals surface area contributed by atoms with Crippen molar-refractivity contribution in [2.75, 3.05) is 24.2 Å². The second-order valence-corrected chi connectivity index (χ2v) is 6.02. The number of carboxylic acid groups (broad SMARTS) is 1. The molecule has 0 unspecified atom stereocenters. The zero-order chi connectivity index (χ0) is 14.5. The number of hydrogen-bond acceptors (Lipinski definition) is 4. The maximum Gasteiger partial charge on any atom is 0.337 e. The Kier molecular flexibility index (Phi) is 5.59. The van der Waals surface area contributed by atoms with Crippen LogP contribution in [0.5, 0.6) is 0 Å². The van der Waals surface area contributed by atoms with Gasteiger partial charge in [0.2, 0.25) is 10.0 Å². The summed E-state index contributed by atoms with van der Waals surface area (Å²) in [5, 5.41) is 8.77. The molecule has 0 bridgehead atoms. The number of methoxy groups -OCH3 is 1. The molecule has 0 aliphatic heterocycles. The molecule has 0 atom stereocenters. The predicted octanol–water partition coefficient (Wildman–Crippen LogP) is 1.82. The van der Waals surface area contributed by atoms with E-state index in [2.05, 4.69) is 4.72 Å².